The van der Waals surface area contributed by atoms with Crippen LogP contribution in [0.15, 0.2) is 12.7 Å². The first-order valence-corrected chi connectivity index (χ1v) is 5.90. The molecule has 2 rings (SSSR count). The summed E-state index contributed by atoms with van der Waals surface area (Å²) in [5.41, 5.74) is 0. The number of hydrogen-bond donors (Lipinski definition) is 1. The van der Waals surface area contributed by atoms with Gasteiger partial charge in [0.1, 0.15) is 18.8 Å². The molecular weight excluding hydrogens is 238 g/mol. The summed E-state index contributed by atoms with van der Waals surface area (Å²) in [5.74, 6) is -1.19. The maximum atomic E-state index is 11.5. The topological polar surface area (TPSA) is 81.7 Å². The van der Waals surface area contributed by atoms with Crippen LogP contribution in [0, 0.1) is 5.92 Å². The van der Waals surface area contributed by atoms with Crippen molar-refractivity contribution in [2.75, 3.05) is 6.54 Å². The molecule has 0 spiro atoms. The molecule has 98 valence electrons. The largest absolute Gasteiger partial charge is 0.458 e. The SMILES string of the molecule is C=CC(=O)NCC(=O)OC1CCC2CC1OC2=O. The second kappa shape index (κ2) is 5.20. The fourth-order valence-corrected chi connectivity index (χ4v) is 2.26. The van der Waals surface area contributed by atoms with Gasteiger partial charge in [-0.15, -0.1) is 0 Å². The van der Waals surface area contributed by atoms with Gasteiger partial charge >= 0.3 is 11.9 Å². The van der Waals surface area contributed by atoms with Gasteiger partial charge in [0, 0.05) is 6.42 Å². The third-order valence-electron chi connectivity index (χ3n) is 3.21. The fourth-order valence-electron chi connectivity index (χ4n) is 2.26. The van der Waals surface area contributed by atoms with E-state index in [9.17, 15) is 14.4 Å². The lowest BCUT2D eigenvalue weighted by Crippen LogP contribution is -2.37. The van der Waals surface area contributed by atoms with Gasteiger partial charge in [-0.1, -0.05) is 6.58 Å². The fraction of sp³-hybridized carbons (Fsp3) is 0.583. The summed E-state index contributed by atoms with van der Waals surface area (Å²) in [6.07, 6.45) is 2.30. The average molecular weight is 253 g/mol. The number of fused-ring (bicyclic) bond motifs is 2. The minimum atomic E-state index is -0.531. The summed E-state index contributed by atoms with van der Waals surface area (Å²) in [7, 11) is 0. The molecule has 18 heavy (non-hydrogen) atoms. The Bertz CT molecular complexity index is 392. The van der Waals surface area contributed by atoms with Gasteiger partial charge in [0.15, 0.2) is 0 Å². The summed E-state index contributed by atoms with van der Waals surface area (Å²) in [5, 5.41) is 2.33. The van der Waals surface area contributed by atoms with Gasteiger partial charge in [0.25, 0.3) is 0 Å². The third-order valence-corrected chi connectivity index (χ3v) is 3.21. The first-order valence-electron chi connectivity index (χ1n) is 5.90. The molecule has 3 atom stereocenters. The van der Waals surface area contributed by atoms with Crippen LogP contribution in [-0.4, -0.2) is 36.6 Å². The van der Waals surface area contributed by atoms with E-state index in [1.165, 1.54) is 0 Å². The third kappa shape index (κ3) is 2.69. The quantitative estimate of drug-likeness (QED) is 0.560. The van der Waals surface area contributed by atoms with Crippen LogP contribution < -0.4 is 5.32 Å². The minimum absolute atomic E-state index is 0.0366. The molecule has 1 N–H and O–H groups in total. The molecule has 0 radical (unpaired) electrons. The molecule has 0 aromatic heterocycles. The number of hydrogen-bond acceptors (Lipinski definition) is 5. The summed E-state index contributed by atoms with van der Waals surface area (Å²) in [6, 6.07) is 0. The number of nitrogens with one attached hydrogen (secondary N) is 1. The predicted octanol–water partition coefficient (Wildman–Crippen LogP) is -0.0741. The van der Waals surface area contributed by atoms with Crippen LogP contribution in [0.1, 0.15) is 19.3 Å². The van der Waals surface area contributed by atoms with Crippen molar-refractivity contribution < 1.29 is 23.9 Å². The van der Waals surface area contributed by atoms with Gasteiger partial charge in [-0.25, -0.2) is 0 Å². The van der Waals surface area contributed by atoms with Crippen LogP contribution in [0.25, 0.3) is 0 Å². The van der Waals surface area contributed by atoms with Crippen molar-refractivity contribution in [1.29, 1.82) is 0 Å². The molecule has 6 nitrogen and oxygen atoms in total. The minimum Gasteiger partial charge on any atom is -0.458 e. The van der Waals surface area contributed by atoms with E-state index in [4.69, 9.17) is 9.47 Å². The Labute approximate surface area is 104 Å². The van der Waals surface area contributed by atoms with Gasteiger partial charge in [0.05, 0.1) is 5.92 Å². The van der Waals surface area contributed by atoms with Crippen LogP contribution in [-0.2, 0) is 23.9 Å². The molecule has 2 fully saturated rings. The van der Waals surface area contributed by atoms with Gasteiger partial charge in [-0.05, 0) is 18.9 Å². The Kier molecular flexibility index (Phi) is 3.64. The summed E-state index contributed by atoms with van der Waals surface area (Å²) in [4.78, 5) is 33.7. The highest BCUT2D eigenvalue weighted by Gasteiger charge is 2.44. The van der Waals surface area contributed by atoms with Crippen molar-refractivity contribution in [3.63, 3.8) is 0 Å². The second-order valence-electron chi connectivity index (χ2n) is 4.44. The number of rotatable bonds is 4. The summed E-state index contributed by atoms with van der Waals surface area (Å²) in [6.45, 7) is 3.07. The standard InChI is InChI=1S/C12H15NO5/c1-2-10(14)13-6-11(15)17-8-4-3-7-5-9(8)18-12(7)16/h2,7-9H,1,3-6H2,(H,13,14). The van der Waals surface area contributed by atoms with E-state index in [-0.39, 0.29) is 30.6 Å². The van der Waals surface area contributed by atoms with E-state index in [1.54, 1.807) is 0 Å². The zero-order chi connectivity index (χ0) is 13.1. The molecule has 0 aromatic carbocycles. The maximum Gasteiger partial charge on any atom is 0.325 e. The zero-order valence-corrected chi connectivity index (χ0v) is 9.89. The van der Waals surface area contributed by atoms with E-state index in [2.05, 4.69) is 11.9 Å². The van der Waals surface area contributed by atoms with Crippen molar-refractivity contribution >= 4 is 17.8 Å². The van der Waals surface area contributed by atoms with Crippen LogP contribution in [0.4, 0.5) is 0 Å². The van der Waals surface area contributed by atoms with Crippen LogP contribution in [0.3, 0.4) is 0 Å². The smallest absolute Gasteiger partial charge is 0.325 e. The van der Waals surface area contributed by atoms with E-state index in [0.29, 0.717) is 19.3 Å². The predicted molar refractivity (Wildman–Crippen MR) is 60.3 cm³/mol. The number of ether oxygens (including phenoxy) is 2. The average Bonchev–Trinajstić information content (AvgIpc) is 2.66. The van der Waals surface area contributed by atoms with Crippen molar-refractivity contribution in [3.05, 3.63) is 12.7 Å². The molecule has 1 heterocycles. The number of carbonyl (C=O) groups excluding carboxylic acids is 3. The highest BCUT2D eigenvalue weighted by atomic mass is 16.6. The first kappa shape index (κ1) is 12.6. The van der Waals surface area contributed by atoms with Crippen LogP contribution in [0.2, 0.25) is 0 Å². The Morgan fingerprint density at radius 2 is 2.28 bits per heavy atom. The number of carbonyl (C=O) groups is 3. The molecule has 2 aliphatic rings. The van der Waals surface area contributed by atoms with Gasteiger partial charge in [-0.3, -0.25) is 14.4 Å². The van der Waals surface area contributed by atoms with E-state index in [1.807, 2.05) is 0 Å². The number of amides is 1. The molecule has 2 bridgehead atoms. The molecule has 0 aromatic rings. The zero-order valence-electron chi connectivity index (χ0n) is 9.89. The first-order chi connectivity index (χ1) is 8.60. The summed E-state index contributed by atoms with van der Waals surface area (Å²) < 4.78 is 10.3. The molecule has 1 saturated carbocycles. The lowest BCUT2D eigenvalue weighted by atomic mass is 9.88. The van der Waals surface area contributed by atoms with Gasteiger partial charge in [-0.2, -0.15) is 0 Å². The summed E-state index contributed by atoms with van der Waals surface area (Å²) >= 11 is 0. The van der Waals surface area contributed by atoms with Crippen LogP contribution in [0.5, 0.6) is 0 Å². The normalized spacial score (nSPS) is 29.3. The van der Waals surface area contributed by atoms with Gasteiger partial charge < -0.3 is 14.8 Å². The highest BCUT2D eigenvalue weighted by molar-refractivity contribution is 5.89. The Morgan fingerprint density at radius 1 is 1.50 bits per heavy atom. The molecule has 1 aliphatic heterocycles. The molecule has 1 saturated heterocycles. The molecule has 3 unspecified atom stereocenters. The Hall–Kier alpha value is -1.85. The number of esters is 2. The van der Waals surface area contributed by atoms with E-state index >= 15 is 0 Å². The Morgan fingerprint density at radius 3 is 3.00 bits per heavy atom. The molecule has 1 aliphatic carbocycles. The Balaban J connectivity index is 1.79. The van der Waals surface area contributed by atoms with E-state index in [0.717, 1.165) is 6.08 Å². The van der Waals surface area contributed by atoms with Crippen molar-refractivity contribution in [2.45, 2.75) is 31.5 Å². The van der Waals surface area contributed by atoms with Crippen molar-refractivity contribution in [3.8, 4) is 0 Å². The lowest BCUT2D eigenvalue weighted by molar-refractivity contribution is -0.160. The van der Waals surface area contributed by atoms with Crippen molar-refractivity contribution in [2.24, 2.45) is 5.92 Å². The molecule has 6 heteroatoms. The van der Waals surface area contributed by atoms with E-state index < -0.39 is 11.9 Å². The molecular formula is C12H15NO5. The highest BCUT2D eigenvalue weighted by Crippen LogP contribution is 2.35. The van der Waals surface area contributed by atoms with Gasteiger partial charge in [0.2, 0.25) is 5.91 Å². The second-order valence-corrected chi connectivity index (χ2v) is 4.44. The van der Waals surface area contributed by atoms with Crippen molar-refractivity contribution in [1.82, 2.24) is 5.32 Å². The monoisotopic (exact) mass is 253 g/mol. The molecule has 1 amide bonds. The van der Waals surface area contributed by atoms with Crippen LogP contribution >= 0.6 is 0 Å². The maximum absolute atomic E-state index is 11.5. The lowest BCUT2D eigenvalue weighted by Gasteiger charge is -2.25.